The quantitative estimate of drug-likeness (QED) is 0.389. The van der Waals surface area contributed by atoms with Gasteiger partial charge in [0.1, 0.15) is 12.4 Å². The van der Waals surface area contributed by atoms with E-state index in [2.05, 4.69) is 48.6 Å². The Labute approximate surface area is 171 Å². The molecule has 3 aromatic rings. The summed E-state index contributed by atoms with van der Waals surface area (Å²) in [5.74, 6) is 0.891. The van der Waals surface area contributed by atoms with E-state index in [0.29, 0.717) is 16.7 Å². The van der Waals surface area contributed by atoms with Gasteiger partial charge in [0.25, 0.3) is 0 Å². The zero-order valence-corrected chi connectivity index (χ0v) is 17.1. The molecule has 0 aliphatic rings. The van der Waals surface area contributed by atoms with Crippen LogP contribution in [-0.2, 0) is 13.2 Å². The maximum absolute atomic E-state index is 6.29. The predicted octanol–water partition coefficient (Wildman–Crippen LogP) is 7.01. The van der Waals surface area contributed by atoms with E-state index < -0.39 is 0 Å². The van der Waals surface area contributed by atoms with E-state index in [1.807, 2.05) is 12.1 Å². The predicted molar refractivity (Wildman–Crippen MR) is 116 cm³/mol. The summed E-state index contributed by atoms with van der Waals surface area (Å²) in [6.45, 7) is 4.43. The maximum atomic E-state index is 6.29. The van der Waals surface area contributed by atoms with Crippen molar-refractivity contribution in [2.75, 3.05) is 6.54 Å². The Balaban J connectivity index is 1.79. The molecule has 4 heteroatoms. The standard InChI is InChI=1S/C23H25Cl2NO/c1-2-3-6-13-26-15-21-20-8-5-4-7-17(20)10-12-23(21)27-16-18-9-11-19(24)14-22(18)25/h4-5,7-12,14,26H,2-3,6,13,15-16H2,1H3. The second-order valence-electron chi connectivity index (χ2n) is 6.67. The molecule has 2 nitrogen and oxygen atoms in total. The van der Waals surface area contributed by atoms with Crippen LogP contribution in [0.15, 0.2) is 54.6 Å². The van der Waals surface area contributed by atoms with Crippen LogP contribution in [0.2, 0.25) is 10.0 Å². The molecule has 1 N–H and O–H groups in total. The molecule has 0 unspecified atom stereocenters. The first-order valence-electron chi connectivity index (χ1n) is 9.47. The van der Waals surface area contributed by atoms with E-state index in [0.717, 1.165) is 24.4 Å². The second-order valence-corrected chi connectivity index (χ2v) is 7.52. The van der Waals surface area contributed by atoms with Crippen molar-refractivity contribution in [2.45, 2.75) is 39.3 Å². The molecule has 27 heavy (non-hydrogen) atoms. The first-order valence-corrected chi connectivity index (χ1v) is 10.2. The Bertz CT molecular complexity index is 895. The zero-order valence-electron chi connectivity index (χ0n) is 15.6. The van der Waals surface area contributed by atoms with Crippen LogP contribution in [-0.4, -0.2) is 6.54 Å². The van der Waals surface area contributed by atoms with Gasteiger partial charge in [-0.2, -0.15) is 0 Å². The van der Waals surface area contributed by atoms with Gasteiger partial charge in [-0.05, 0) is 41.9 Å². The molecular weight excluding hydrogens is 377 g/mol. The van der Waals surface area contributed by atoms with E-state index in [9.17, 15) is 0 Å². The van der Waals surface area contributed by atoms with Gasteiger partial charge in [-0.25, -0.2) is 0 Å². The number of hydrogen-bond acceptors (Lipinski definition) is 2. The molecule has 0 radical (unpaired) electrons. The van der Waals surface area contributed by atoms with Gasteiger partial charge in [-0.1, -0.05) is 79.4 Å². The smallest absolute Gasteiger partial charge is 0.124 e. The molecule has 0 aliphatic carbocycles. The molecule has 0 amide bonds. The van der Waals surface area contributed by atoms with Crippen LogP contribution in [0, 0.1) is 0 Å². The number of hydrogen-bond donors (Lipinski definition) is 1. The summed E-state index contributed by atoms with van der Waals surface area (Å²) < 4.78 is 6.16. The largest absolute Gasteiger partial charge is 0.488 e. The third-order valence-electron chi connectivity index (χ3n) is 4.65. The number of ether oxygens (including phenoxy) is 1. The molecule has 0 heterocycles. The van der Waals surface area contributed by atoms with Gasteiger partial charge in [-0.15, -0.1) is 0 Å². The molecule has 3 rings (SSSR count). The zero-order chi connectivity index (χ0) is 19.1. The van der Waals surface area contributed by atoms with Gasteiger partial charge in [0, 0.05) is 27.7 Å². The third kappa shape index (κ3) is 5.38. The van der Waals surface area contributed by atoms with Gasteiger partial charge in [0.2, 0.25) is 0 Å². The van der Waals surface area contributed by atoms with Crippen molar-refractivity contribution >= 4 is 34.0 Å². The minimum Gasteiger partial charge on any atom is -0.488 e. The summed E-state index contributed by atoms with van der Waals surface area (Å²) in [5, 5.41) is 7.27. The summed E-state index contributed by atoms with van der Waals surface area (Å²) in [4.78, 5) is 0. The Morgan fingerprint density at radius 1 is 0.963 bits per heavy atom. The normalized spacial score (nSPS) is 11.1. The second kappa shape index (κ2) is 9.98. The van der Waals surface area contributed by atoms with Crippen LogP contribution in [0.4, 0.5) is 0 Å². The molecule has 0 spiro atoms. The minimum absolute atomic E-state index is 0.414. The van der Waals surface area contributed by atoms with E-state index >= 15 is 0 Å². The van der Waals surface area contributed by atoms with Crippen molar-refractivity contribution in [3.8, 4) is 5.75 Å². The lowest BCUT2D eigenvalue weighted by molar-refractivity contribution is 0.303. The molecule has 0 atom stereocenters. The first kappa shape index (κ1) is 20.0. The molecule has 3 aromatic carbocycles. The maximum Gasteiger partial charge on any atom is 0.124 e. The van der Waals surface area contributed by atoms with Gasteiger partial charge in [0.05, 0.1) is 0 Å². The van der Waals surface area contributed by atoms with Crippen LogP contribution < -0.4 is 10.1 Å². The Morgan fingerprint density at radius 3 is 2.63 bits per heavy atom. The fourth-order valence-corrected chi connectivity index (χ4v) is 3.60. The highest BCUT2D eigenvalue weighted by molar-refractivity contribution is 6.35. The summed E-state index contributed by atoms with van der Waals surface area (Å²) >= 11 is 12.3. The monoisotopic (exact) mass is 401 g/mol. The van der Waals surface area contributed by atoms with Crippen molar-refractivity contribution < 1.29 is 4.74 Å². The van der Waals surface area contributed by atoms with Crippen molar-refractivity contribution in [1.29, 1.82) is 0 Å². The fraction of sp³-hybridized carbons (Fsp3) is 0.304. The van der Waals surface area contributed by atoms with Crippen molar-refractivity contribution in [3.05, 3.63) is 75.8 Å². The van der Waals surface area contributed by atoms with Gasteiger partial charge in [-0.3, -0.25) is 0 Å². The molecule has 0 saturated carbocycles. The van der Waals surface area contributed by atoms with Crippen LogP contribution >= 0.6 is 23.2 Å². The fourth-order valence-electron chi connectivity index (χ4n) is 3.14. The lowest BCUT2D eigenvalue weighted by Crippen LogP contribution is -2.15. The SMILES string of the molecule is CCCCCNCc1c(OCc2ccc(Cl)cc2Cl)ccc2ccccc12. The summed E-state index contributed by atoms with van der Waals surface area (Å²) in [5.41, 5.74) is 2.12. The molecule has 0 saturated heterocycles. The van der Waals surface area contributed by atoms with E-state index in [1.54, 1.807) is 6.07 Å². The summed E-state index contributed by atoms with van der Waals surface area (Å²) in [6, 6.07) is 18.1. The summed E-state index contributed by atoms with van der Waals surface area (Å²) in [7, 11) is 0. The van der Waals surface area contributed by atoms with Crippen molar-refractivity contribution in [3.63, 3.8) is 0 Å². The van der Waals surface area contributed by atoms with Crippen molar-refractivity contribution in [1.82, 2.24) is 5.32 Å². The highest BCUT2D eigenvalue weighted by Gasteiger charge is 2.10. The summed E-state index contributed by atoms with van der Waals surface area (Å²) in [6.07, 6.45) is 3.67. The van der Waals surface area contributed by atoms with E-state index in [4.69, 9.17) is 27.9 Å². The minimum atomic E-state index is 0.414. The molecular formula is C23H25Cl2NO. The highest BCUT2D eigenvalue weighted by atomic mass is 35.5. The molecule has 0 aliphatic heterocycles. The van der Waals surface area contributed by atoms with Crippen LogP contribution in [0.5, 0.6) is 5.75 Å². The Hall–Kier alpha value is -1.74. The lowest BCUT2D eigenvalue weighted by atomic mass is 10.0. The van der Waals surface area contributed by atoms with Crippen LogP contribution in [0.25, 0.3) is 10.8 Å². The molecule has 0 fully saturated rings. The molecule has 0 bridgehead atoms. The average Bonchev–Trinajstić information content (AvgIpc) is 2.68. The topological polar surface area (TPSA) is 21.3 Å². The van der Waals surface area contributed by atoms with Gasteiger partial charge in [0.15, 0.2) is 0 Å². The number of benzene rings is 3. The lowest BCUT2D eigenvalue weighted by Gasteiger charge is -2.16. The molecule has 142 valence electrons. The van der Waals surface area contributed by atoms with Crippen LogP contribution in [0.1, 0.15) is 37.3 Å². The van der Waals surface area contributed by atoms with Gasteiger partial charge < -0.3 is 10.1 Å². The number of unbranched alkanes of at least 4 members (excludes halogenated alkanes) is 2. The number of fused-ring (bicyclic) bond motifs is 1. The number of halogens is 2. The Kier molecular flexibility index (Phi) is 7.40. The number of rotatable bonds is 9. The van der Waals surface area contributed by atoms with E-state index in [-0.39, 0.29) is 0 Å². The average molecular weight is 402 g/mol. The molecule has 0 aromatic heterocycles. The van der Waals surface area contributed by atoms with Crippen LogP contribution in [0.3, 0.4) is 0 Å². The Morgan fingerprint density at radius 2 is 1.81 bits per heavy atom. The van der Waals surface area contributed by atoms with Crippen molar-refractivity contribution in [2.24, 2.45) is 0 Å². The van der Waals surface area contributed by atoms with Gasteiger partial charge >= 0.3 is 0 Å². The van der Waals surface area contributed by atoms with E-state index in [1.165, 1.54) is 35.6 Å². The first-order chi connectivity index (χ1) is 13.2. The number of nitrogens with one attached hydrogen (secondary N) is 1. The third-order valence-corrected chi connectivity index (χ3v) is 5.24. The highest BCUT2D eigenvalue weighted by Crippen LogP contribution is 2.30.